The molecule has 2 aromatic heterocycles. The van der Waals surface area contributed by atoms with Crippen LogP contribution in [0.25, 0.3) is 11.5 Å². The highest BCUT2D eigenvalue weighted by atomic mass is 32.2. The van der Waals surface area contributed by atoms with Gasteiger partial charge in [0.15, 0.2) is 5.76 Å². The van der Waals surface area contributed by atoms with Crippen molar-refractivity contribution in [2.75, 3.05) is 34.4 Å². The van der Waals surface area contributed by atoms with Crippen molar-refractivity contribution in [1.82, 2.24) is 19.8 Å². The molecule has 0 bridgehead atoms. The quantitative estimate of drug-likeness (QED) is 0.702. The predicted octanol–water partition coefficient (Wildman–Crippen LogP) is 0.605. The molecule has 0 radical (unpaired) electrons. The highest BCUT2D eigenvalue weighted by Crippen LogP contribution is 2.29. The first kappa shape index (κ1) is 18.2. The van der Waals surface area contributed by atoms with E-state index in [1.165, 1.54) is 31.2 Å². The van der Waals surface area contributed by atoms with Crippen LogP contribution >= 0.6 is 0 Å². The summed E-state index contributed by atoms with van der Waals surface area (Å²) in [4.78, 5) is 13.5. The summed E-state index contributed by atoms with van der Waals surface area (Å²) in [5.74, 6) is 0.172. The maximum absolute atomic E-state index is 12.3. The second-order valence-corrected chi connectivity index (χ2v) is 7.02. The summed E-state index contributed by atoms with van der Waals surface area (Å²) >= 11 is 0. The normalized spacial score (nSPS) is 11.7. The maximum Gasteiger partial charge on any atom is 0.257 e. The number of H-pyrrole nitrogens is 1. The van der Waals surface area contributed by atoms with Crippen LogP contribution in [-0.2, 0) is 14.8 Å². The molecule has 9 nitrogen and oxygen atoms in total. The van der Waals surface area contributed by atoms with Gasteiger partial charge < -0.3 is 14.1 Å². The minimum atomic E-state index is -3.74. The Hall–Kier alpha value is -2.17. The topological polar surface area (TPSA) is 118 Å². The van der Waals surface area contributed by atoms with E-state index in [9.17, 15) is 13.2 Å². The van der Waals surface area contributed by atoms with Crippen LogP contribution in [-0.4, -0.2) is 63.8 Å². The summed E-state index contributed by atoms with van der Waals surface area (Å²) < 4.78 is 37.4. The minimum absolute atomic E-state index is 0.00598. The molecule has 0 fully saturated rings. The molecule has 0 atom stereocenters. The number of aromatic nitrogens is 2. The zero-order valence-electron chi connectivity index (χ0n) is 13.9. The van der Waals surface area contributed by atoms with Crippen LogP contribution in [0.4, 0.5) is 0 Å². The number of methoxy groups -OCH3 is 1. The third-order valence-corrected chi connectivity index (χ3v) is 4.85. The van der Waals surface area contributed by atoms with Gasteiger partial charge in [-0.2, -0.15) is 5.10 Å². The molecular weight excluding hydrogens is 336 g/mol. The van der Waals surface area contributed by atoms with Crippen molar-refractivity contribution in [1.29, 1.82) is 0 Å². The summed E-state index contributed by atoms with van der Waals surface area (Å²) in [5.41, 5.74) is 0.625. The van der Waals surface area contributed by atoms with Gasteiger partial charge >= 0.3 is 0 Å². The number of sulfonamides is 1. The number of nitrogens with zero attached hydrogens (tertiary/aromatic N) is 2. The van der Waals surface area contributed by atoms with E-state index in [-0.39, 0.29) is 35.5 Å². The minimum Gasteiger partial charge on any atom is -0.458 e. The number of furan rings is 1. The van der Waals surface area contributed by atoms with E-state index in [2.05, 4.69) is 14.9 Å². The maximum atomic E-state index is 12.3. The largest absolute Gasteiger partial charge is 0.458 e. The molecule has 132 valence electrons. The molecule has 0 aliphatic carbocycles. The van der Waals surface area contributed by atoms with Gasteiger partial charge in [-0.15, -0.1) is 0 Å². The SMILES string of the molecule is COCCNS(=O)(=O)c1cc(-c2[nH]ncc2C(=O)N(C)C)oc1C. The van der Waals surface area contributed by atoms with E-state index < -0.39 is 10.0 Å². The monoisotopic (exact) mass is 356 g/mol. The molecule has 2 heterocycles. The van der Waals surface area contributed by atoms with Gasteiger partial charge in [-0.05, 0) is 6.92 Å². The van der Waals surface area contributed by atoms with Crippen molar-refractivity contribution in [2.45, 2.75) is 11.8 Å². The number of carbonyl (C=O) groups excluding carboxylic acids is 1. The van der Waals surface area contributed by atoms with Gasteiger partial charge in [0, 0.05) is 33.8 Å². The Bertz CT molecular complexity index is 822. The predicted molar refractivity (Wildman–Crippen MR) is 86.1 cm³/mol. The second kappa shape index (κ2) is 7.16. The molecule has 10 heteroatoms. The van der Waals surface area contributed by atoms with Gasteiger partial charge in [-0.1, -0.05) is 0 Å². The van der Waals surface area contributed by atoms with Crippen LogP contribution in [0.3, 0.4) is 0 Å². The third kappa shape index (κ3) is 3.66. The van der Waals surface area contributed by atoms with Gasteiger partial charge in [0.25, 0.3) is 5.91 Å². The van der Waals surface area contributed by atoms with E-state index in [1.807, 2.05) is 0 Å². The highest BCUT2D eigenvalue weighted by molar-refractivity contribution is 7.89. The van der Waals surface area contributed by atoms with Crippen molar-refractivity contribution in [2.24, 2.45) is 0 Å². The zero-order valence-corrected chi connectivity index (χ0v) is 14.7. The van der Waals surface area contributed by atoms with Crippen LogP contribution in [0.15, 0.2) is 21.6 Å². The van der Waals surface area contributed by atoms with Crippen LogP contribution in [0, 0.1) is 6.92 Å². The lowest BCUT2D eigenvalue weighted by Gasteiger charge is -2.08. The smallest absolute Gasteiger partial charge is 0.257 e. The fourth-order valence-corrected chi connectivity index (χ4v) is 3.28. The molecule has 0 aliphatic rings. The fourth-order valence-electron chi connectivity index (χ4n) is 2.09. The van der Waals surface area contributed by atoms with Gasteiger partial charge in [0.2, 0.25) is 10.0 Å². The summed E-state index contributed by atoms with van der Waals surface area (Å²) in [6.07, 6.45) is 1.38. The molecule has 0 aliphatic heterocycles. The Labute approximate surface area is 140 Å². The fraction of sp³-hybridized carbons (Fsp3) is 0.429. The van der Waals surface area contributed by atoms with Crippen molar-refractivity contribution >= 4 is 15.9 Å². The summed E-state index contributed by atoms with van der Waals surface area (Å²) in [5, 5.41) is 6.53. The number of hydrogen-bond donors (Lipinski definition) is 2. The summed E-state index contributed by atoms with van der Waals surface area (Å²) in [7, 11) is 0.973. The number of aryl methyl sites for hydroxylation is 1. The van der Waals surface area contributed by atoms with Crippen LogP contribution in [0.1, 0.15) is 16.1 Å². The van der Waals surface area contributed by atoms with Crippen molar-refractivity contribution < 1.29 is 22.4 Å². The Kier molecular flexibility index (Phi) is 5.42. The molecule has 1 amide bonds. The standard InChI is InChI=1S/C14H20N4O5S/c1-9-12(24(20,21)16-5-6-22-4)7-11(23-9)13-10(8-15-17-13)14(19)18(2)3/h7-8,16H,5-6H2,1-4H3,(H,15,17). The third-order valence-electron chi connectivity index (χ3n) is 3.28. The lowest BCUT2D eigenvalue weighted by atomic mass is 10.2. The first-order chi connectivity index (χ1) is 11.3. The van der Waals surface area contributed by atoms with Crippen LogP contribution in [0.2, 0.25) is 0 Å². The van der Waals surface area contributed by atoms with Gasteiger partial charge in [0.1, 0.15) is 16.3 Å². The Balaban J connectivity index is 2.37. The molecular formula is C14H20N4O5S. The first-order valence-electron chi connectivity index (χ1n) is 7.12. The molecule has 0 saturated carbocycles. The number of carbonyl (C=O) groups is 1. The van der Waals surface area contributed by atoms with Gasteiger partial charge in [0.05, 0.1) is 18.4 Å². The molecule has 0 spiro atoms. The number of rotatable bonds is 7. The van der Waals surface area contributed by atoms with E-state index in [1.54, 1.807) is 14.1 Å². The molecule has 0 saturated heterocycles. The lowest BCUT2D eigenvalue weighted by Crippen LogP contribution is -2.27. The molecule has 0 aromatic carbocycles. The average Bonchev–Trinajstić information content (AvgIpc) is 3.12. The molecule has 2 aromatic rings. The number of aromatic amines is 1. The number of nitrogens with one attached hydrogen (secondary N) is 2. The van der Waals surface area contributed by atoms with E-state index in [4.69, 9.17) is 9.15 Å². The first-order valence-corrected chi connectivity index (χ1v) is 8.60. The van der Waals surface area contributed by atoms with Gasteiger partial charge in [-0.25, -0.2) is 13.1 Å². The molecule has 2 rings (SSSR count). The molecule has 2 N–H and O–H groups in total. The van der Waals surface area contributed by atoms with E-state index in [0.717, 1.165) is 0 Å². The van der Waals surface area contributed by atoms with Crippen LogP contribution < -0.4 is 4.72 Å². The van der Waals surface area contributed by atoms with Gasteiger partial charge in [-0.3, -0.25) is 9.89 Å². The highest BCUT2D eigenvalue weighted by Gasteiger charge is 2.25. The average molecular weight is 356 g/mol. The van der Waals surface area contributed by atoms with Crippen molar-refractivity contribution in [3.05, 3.63) is 23.6 Å². The van der Waals surface area contributed by atoms with Crippen molar-refractivity contribution in [3.8, 4) is 11.5 Å². The molecule has 0 unspecified atom stereocenters. The number of amides is 1. The number of ether oxygens (including phenoxy) is 1. The Morgan fingerprint density at radius 2 is 2.17 bits per heavy atom. The van der Waals surface area contributed by atoms with Crippen molar-refractivity contribution in [3.63, 3.8) is 0 Å². The Morgan fingerprint density at radius 3 is 2.79 bits per heavy atom. The second-order valence-electron chi connectivity index (χ2n) is 5.28. The van der Waals surface area contributed by atoms with E-state index >= 15 is 0 Å². The Morgan fingerprint density at radius 1 is 1.46 bits per heavy atom. The summed E-state index contributed by atoms with van der Waals surface area (Å²) in [6, 6.07) is 1.37. The summed E-state index contributed by atoms with van der Waals surface area (Å²) in [6.45, 7) is 1.94. The lowest BCUT2D eigenvalue weighted by molar-refractivity contribution is 0.0828. The van der Waals surface area contributed by atoms with E-state index in [0.29, 0.717) is 11.3 Å². The molecule has 24 heavy (non-hydrogen) atoms. The van der Waals surface area contributed by atoms with Crippen LogP contribution in [0.5, 0.6) is 0 Å². The zero-order chi connectivity index (χ0) is 17.9. The number of hydrogen-bond acceptors (Lipinski definition) is 6.